The van der Waals surface area contributed by atoms with Crippen LogP contribution in [0.25, 0.3) is 5.70 Å². The highest BCUT2D eigenvalue weighted by molar-refractivity contribution is 5.90. The molecule has 40 heavy (non-hydrogen) atoms. The molecule has 0 aliphatic rings. The molecular formula is C31H45N5O4. The Kier molecular flexibility index (Phi) is 15.5. The van der Waals surface area contributed by atoms with Crippen molar-refractivity contribution in [2.75, 3.05) is 44.6 Å². The molecular weight excluding hydrogens is 506 g/mol. The Morgan fingerprint density at radius 2 is 1.70 bits per heavy atom. The fourth-order valence-electron chi connectivity index (χ4n) is 3.20. The Labute approximate surface area is 239 Å². The van der Waals surface area contributed by atoms with Gasteiger partial charge in [-0.05, 0) is 51.5 Å². The number of urea groups is 1. The Bertz CT molecular complexity index is 1140. The van der Waals surface area contributed by atoms with E-state index in [1.54, 1.807) is 38.6 Å². The van der Waals surface area contributed by atoms with Gasteiger partial charge < -0.3 is 30.2 Å². The molecule has 0 radical (unpaired) electrons. The average molecular weight is 552 g/mol. The lowest BCUT2D eigenvalue weighted by Crippen LogP contribution is -2.31. The number of carbonyl (C=O) groups excluding carboxylic acids is 1. The number of hydrogen-bond acceptors (Lipinski definition) is 7. The number of amides is 2. The van der Waals surface area contributed by atoms with E-state index >= 15 is 0 Å². The largest absolute Gasteiger partial charge is 0.496 e. The molecule has 0 fully saturated rings. The first kappa shape index (κ1) is 34.0. The molecule has 0 bridgehead atoms. The van der Waals surface area contributed by atoms with Crippen molar-refractivity contribution in [1.82, 2.24) is 5.32 Å². The second-order valence-electron chi connectivity index (χ2n) is 9.56. The first-order valence-electron chi connectivity index (χ1n) is 13.5. The highest BCUT2D eigenvalue weighted by atomic mass is 16.5. The van der Waals surface area contributed by atoms with Gasteiger partial charge in [0.25, 0.3) is 0 Å². The number of hydrogen-bond donors (Lipinski definition) is 3. The maximum Gasteiger partial charge on any atom is 0.319 e. The van der Waals surface area contributed by atoms with Gasteiger partial charge >= 0.3 is 6.03 Å². The molecule has 0 spiro atoms. The van der Waals surface area contributed by atoms with E-state index < -0.39 is 5.41 Å². The van der Waals surface area contributed by atoms with Crippen molar-refractivity contribution >= 4 is 35.0 Å². The van der Waals surface area contributed by atoms with Crippen molar-refractivity contribution in [3.63, 3.8) is 0 Å². The van der Waals surface area contributed by atoms with Crippen molar-refractivity contribution in [3.05, 3.63) is 48.5 Å². The van der Waals surface area contributed by atoms with Crippen LogP contribution in [0.5, 0.6) is 11.5 Å². The molecule has 0 heterocycles. The van der Waals surface area contributed by atoms with Crippen molar-refractivity contribution in [3.8, 4) is 17.6 Å². The summed E-state index contributed by atoms with van der Waals surface area (Å²) in [5.74, 6) is 1.18. The molecule has 0 aromatic heterocycles. The van der Waals surface area contributed by atoms with E-state index in [1.807, 2.05) is 39.0 Å². The third-order valence-corrected chi connectivity index (χ3v) is 5.68. The summed E-state index contributed by atoms with van der Waals surface area (Å²) >= 11 is 0. The first-order valence-corrected chi connectivity index (χ1v) is 13.5. The van der Waals surface area contributed by atoms with Gasteiger partial charge in [0.2, 0.25) is 0 Å². The van der Waals surface area contributed by atoms with Crippen LogP contribution in [-0.4, -0.2) is 46.2 Å². The molecule has 0 unspecified atom stereocenters. The number of rotatable bonds is 14. The maximum absolute atomic E-state index is 12.1. The SMILES string of the molecule is C=C(Nc1ccc(NC(=O)NCCC(C)(C)C#N)cc1)c1c(N=CC)cc(OCCOC)cc1OC.CCCC. The van der Waals surface area contributed by atoms with Gasteiger partial charge in [-0.3, -0.25) is 4.99 Å². The number of nitrogens with zero attached hydrogens (tertiary/aromatic N) is 2. The number of aliphatic imine (C=N–C) groups is 1. The number of carbonyl (C=O) groups is 1. The van der Waals surface area contributed by atoms with Crippen LogP contribution in [-0.2, 0) is 4.74 Å². The van der Waals surface area contributed by atoms with Gasteiger partial charge in [0.1, 0.15) is 18.1 Å². The average Bonchev–Trinajstić information content (AvgIpc) is 2.94. The number of nitrogens with one attached hydrogen (secondary N) is 3. The predicted octanol–water partition coefficient (Wildman–Crippen LogP) is 7.39. The fourth-order valence-corrected chi connectivity index (χ4v) is 3.20. The molecule has 2 aromatic rings. The second kappa shape index (κ2) is 18.3. The lowest BCUT2D eigenvalue weighted by Gasteiger charge is -2.18. The molecule has 0 atom stereocenters. The number of ether oxygens (including phenoxy) is 3. The minimum atomic E-state index is -0.481. The molecule has 0 aliphatic carbocycles. The van der Waals surface area contributed by atoms with Gasteiger partial charge in [0, 0.05) is 49.1 Å². The molecule has 0 saturated carbocycles. The number of methoxy groups -OCH3 is 2. The Morgan fingerprint density at radius 1 is 1.07 bits per heavy atom. The predicted molar refractivity (Wildman–Crippen MR) is 165 cm³/mol. The zero-order valence-electron chi connectivity index (χ0n) is 25.0. The molecule has 0 aliphatic heterocycles. The van der Waals surface area contributed by atoms with Crippen molar-refractivity contribution in [2.45, 2.75) is 53.9 Å². The molecule has 0 saturated heterocycles. The van der Waals surface area contributed by atoms with Crippen molar-refractivity contribution in [2.24, 2.45) is 10.4 Å². The van der Waals surface area contributed by atoms with Crippen LogP contribution in [0.4, 0.5) is 21.9 Å². The monoisotopic (exact) mass is 551 g/mol. The number of unbranched alkanes of at least 4 members (excludes halogenated alkanes) is 1. The van der Waals surface area contributed by atoms with E-state index in [-0.39, 0.29) is 6.03 Å². The van der Waals surface area contributed by atoms with Crippen molar-refractivity contribution < 1.29 is 19.0 Å². The third kappa shape index (κ3) is 12.2. The molecule has 2 aromatic carbocycles. The number of nitriles is 1. The number of anilines is 2. The molecule has 9 heteroatoms. The summed E-state index contributed by atoms with van der Waals surface area (Å²) in [5, 5.41) is 17.9. The lowest BCUT2D eigenvalue weighted by atomic mass is 9.92. The van der Waals surface area contributed by atoms with E-state index in [9.17, 15) is 4.79 Å². The summed E-state index contributed by atoms with van der Waals surface area (Å²) < 4.78 is 16.4. The molecule has 3 N–H and O–H groups in total. The fraction of sp³-hybridized carbons (Fsp3) is 0.452. The van der Waals surface area contributed by atoms with E-state index in [1.165, 1.54) is 12.8 Å². The quantitative estimate of drug-likeness (QED) is 0.166. The van der Waals surface area contributed by atoms with Crippen LogP contribution < -0.4 is 25.4 Å². The smallest absolute Gasteiger partial charge is 0.319 e. The minimum Gasteiger partial charge on any atom is -0.496 e. The Hall–Kier alpha value is -4.03. The summed E-state index contributed by atoms with van der Waals surface area (Å²) in [7, 11) is 3.20. The molecule has 2 amide bonds. The Balaban J connectivity index is 0.00000187. The van der Waals surface area contributed by atoms with Gasteiger partial charge in [-0.15, -0.1) is 0 Å². The zero-order valence-corrected chi connectivity index (χ0v) is 25.0. The summed E-state index contributed by atoms with van der Waals surface area (Å²) in [6.45, 7) is 15.3. The van der Waals surface area contributed by atoms with Gasteiger partial charge in [-0.2, -0.15) is 5.26 Å². The van der Waals surface area contributed by atoms with Crippen LogP contribution in [0.3, 0.4) is 0 Å². The van der Waals surface area contributed by atoms with Gasteiger partial charge in [0.05, 0.1) is 36.5 Å². The van der Waals surface area contributed by atoms with Gasteiger partial charge in [-0.25, -0.2) is 4.79 Å². The van der Waals surface area contributed by atoms with E-state index in [2.05, 4.69) is 47.4 Å². The maximum atomic E-state index is 12.1. The van der Waals surface area contributed by atoms with Crippen LogP contribution in [0.15, 0.2) is 48.0 Å². The van der Waals surface area contributed by atoms with Crippen LogP contribution in [0.2, 0.25) is 0 Å². The minimum absolute atomic E-state index is 0.325. The highest BCUT2D eigenvalue weighted by Crippen LogP contribution is 2.39. The normalized spacial score (nSPS) is 10.7. The second-order valence-corrected chi connectivity index (χ2v) is 9.56. The summed E-state index contributed by atoms with van der Waals surface area (Å²) in [5.41, 5.74) is 2.87. The first-order chi connectivity index (χ1) is 19.1. The molecule has 218 valence electrons. The van der Waals surface area contributed by atoms with Crippen LogP contribution in [0, 0.1) is 16.7 Å². The van der Waals surface area contributed by atoms with E-state index in [4.69, 9.17) is 19.5 Å². The highest BCUT2D eigenvalue weighted by Gasteiger charge is 2.17. The van der Waals surface area contributed by atoms with E-state index in [0.717, 1.165) is 5.69 Å². The topological polar surface area (TPSA) is 117 Å². The Morgan fingerprint density at radius 3 is 2.23 bits per heavy atom. The molecule has 2 rings (SSSR count). The third-order valence-electron chi connectivity index (χ3n) is 5.68. The van der Waals surface area contributed by atoms with Gasteiger partial charge in [0.15, 0.2) is 0 Å². The summed E-state index contributed by atoms with van der Waals surface area (Å²) in [4.78, 5) is 16.6. The van der Waals surface area contributed by atoms with Crippen LogP contribution in [0.1, 0.15) is 59.4 Å². The zero-order chi connectivity index (χ0) is 30.0. The van der Waals surface area contributed by atoms with Crippen LogP contribution >= 0.6 is 0 Å². The number of benzene rings is 2. The van der Waals surface area contributed by atoms with Crippen molar-refractivity contribution in [1.29, 1.82) is 5.26 Å². The van der Waals surface area contributed by atoms with E-state index in [0.29, 0.717) is 60.3 Å². The van der Waals surface area contributed by atoms with Gasteiger partial charge in [-0.1, -0.05) is 33.3 Å². The standard InChI is InChI=1S/C27H35N5O4.C4H10/c1-7-29-23-16-22(36-15-14-34-5)17-24(35-6)25(23)19(2)31-20-8-10-21(11-9-20)32-26(33)30-13-12-27(3,4)18-28;1-3-4-2/h7-11,16-17,31H,2,12-15H2,1,3-6H3,(H2,30,32,33);3-4H2,1-2H3. The summed E-state index contributed by atoms with van der Waals surface area (Å²) in [6.07, 6.45) is 4.90. The summed E-state index contributed by atoms with van der Waals surface area (Å²) in [6, 6.07) is 12.7. The lowest BCUT2D eigenvalue weighted by molar-refractivity contribution is 0.146. The molecule has 9 nitrogen and oxygen atoms in total.